The lowest BCUT2D eigenvalue weighted by atomic mass is 10.2. The Morgan fingerprint density at radius 3 is 2.64 bits per heavy atom. The van der Waals surface area contributed by atoms with Crippen LogP contribution < -0.4 is 5.32 Å². The van der Waals surface area contributed by atoms with Gasteiger partial charge in [0, 0.05) is 6.04 Å². The molecule has 0 aliphatic heterocycles. The van der Waals surface area contributed by atoms with Crippen LogP contribution in [0.1, 0.15) is 18.4 Å². The normalized spacial score (nSPS) is 13.2. The van der Waals surface area contributed by atoms with Crippen LogP contribution in [0.15, 0.2) is 0 Å². The van der Waals surface area contributed by atoms with Gasteiger partial charge >= 0.3 is 0 Å². The van der Waals surface area contributed by atoms with Crippen molar-refractivity contribution in [1.29, 1.82) is 0 Å². The second kappa shape index (κ2) is 5.26. The molecule has 1 rings (SSSR count). The number of nitrogens with zero attached hydrogens (tertiary/aromatic N) is 3. The average molecular weight is 214 g/mol. The van der Waals surface area contributed by atoms with E-state index in [1.807, 2.05) is 6.92 Å². The van der Waals surface area contributed by atoms with Gasteiger partial charge in [-0.05, 0) is 40.9 Å². The second-order valence-electron chi connectivity index (χ2n) is 3.76. The molecule has 1 aromatic heterocycles. The summed E-state index contributed by atoms with van der Waals surface area (Å²) in [6, 6.07) is 0.449. The molecule has 1 heterocycles. The Morgan fingerprint density at radius 2 is 2.14 bits per heavy atom. The Hall–Kier alpha value is -0.680. The first-order valence-corrected chi connectivity index (χ1v) is 5.61. The first-order valence-electron chi connectivity index (χ1n) is 4.79. The summed E-state index contributed by atoms with van der Waals surface area (Å²) >= 11 is 1.60. The molecule has 4 nitrogen and oxygen atoms in total. The lowest BCUT2D eigenvalue weighted by molar-refractivity contribution is 0.390. The Morgan fingerprint density at radius 1 is 1.43 bits per heavy atom. The maximum Gasteiger partial charge on any atom is 0.205 e. The number of rotatable bonds is 5. The first-order chi connectivity index (χ1) is 6.58. The Kier molecular flexibility index (Phi) is 4.28. The standard InChI is InChI=1S/C9H18N4S/c1-7(5-6-13(3)4)10-9-12-11-8(2)14-9/h7H,5-6H2,1-4H3,(H,10,12). The van der Waals surface area contributed by atoms with E-state index in [0.29, 0.717) is 6.04 Å². The van der Waals surface area contributed by atoms with Crippen LogP contribution in [0.25, 0.3) is 0 Å². The van der Waals surface area contributed by atoms with E-state index in [0.717, 1.165) is 23.1 Å². The van der Waals surface area contributed by atoms with Gasteiger partial charge < -0.3 is 10.2 Å². The predicted molar refractivity (Wildman–Crippen MR) is 60.9 cm³/mol. The van der Waals surface area contributed by atoms with E-state index < -0.39 is 0 Å². The molecular formula is C9H18N4S. The van der Waals surface area contributed by atoms with E-state index in [9.17, 15) is 0 Å². The Labute approximate surface area is 89.3 Å². The molecule has 0 saturated carbocycles. The van der Waals surface area contributed by atoms with Gasteiger partial charge in [0.1, 0.15) is 5.01 Å². The van der Waals surface area contributed by atoms with Crippen LogP contribution in [0.3, 0.4) is 0 Å². The zero-order valence-corrected chi connectivity index (χ0v) is 10.1. The highest BCUT2D eigenvalue weighted by molar-refractivity contribution is 7.15. The summed E-state index contributed by atoms with van der Waals surface area (Å²) < 4.78 is 0. The summed E-state index contributed by atoms with van der Waals surface area (Å²) in [5, 5.41) is 13.3. The van der Waals surface area contributed by atoms with Crippen molar-refractivity contribution in [2.45, 2.75) is 26.3 Å². The third-order valence-electron chi connectivity index (χ3n) is 1.91. The maximum atomic E-state index is 4.03. The van der Waals surface area contributed by atoms with Crippen molar-refractivity contribution in [2.75, 3.05) is 26.0 Å². The molecule has 0 bridgehead atoms. The minimum Gasteiger partial charge on any atom is -0.358 e. The fraction of sp³-hybridized carbons (Fsp3) is 0.778. The minimum absolute atomic E-state index is 0.449. The van der Waals surface area contributed by atoms with Crippen LogP contribution in [-0.2, 0) is 0 Å². The van der Waals surface area contributed by atoms with Crippen molar-refractivity contribution in [3.05, 3.63) is 5.01 Å². The number of aromatic nitrogens is 2. The summed E-state index contributed by atoms with van der Waals surface area (Å²) in [5.74, 6) is 0. The zero-order chi connectivity index (χ0) is 10.6. The molecule has 0 radical (unpaired) electrons. The first kappa shape index (κ1) is 11.4. The molecule has 5 heteroatoms. The summed E-state index contributed by atoms with van der Waals surface area (Å²) in [6.07, 6.45) is 1.12. The van der Waals surface area contributed by atoms with Gasteiger partial charge in [0.15, 0.2) is 0 Å². The van der Waals surface area contributed by atoms with Crippen LogP contribution >= 0.6 is 11.3 Å². The molecule has 0 saturated heterocycles. The lowest BCUT2D eigenvalue weighted by Crippen LogP contribution is -2.22. The van der Waals surface area contributed by atoms with E-state index in [4.69, 9.17) is 0 Å². The summed E-state index contributed by atoms with van der Waals surface area (Å²) in [7, 11) is 4.17. The van der Waals surface area contributed by atoms with Gasteiger partial charge in [-0.1, -0.05) is 11.3 Å². The number of nitrogens with one attached hydrogen (secondary N) is 1. The number of anilines is 1. The van der Waals surface area contributed by atoms with Crippen LogP contribution in [0.2, 0.25) is 0 Å². The SMILES string of the molecule is Cc1nnc(NC(C)CCN(C)C)s1. The van der Waals surface area contributed by atoms with Crippen molar-refractivity contribution in [1.82, 2.24) is 15.1 Å². The average Bonchev–Trinajstić information content (AvgIpc) is 2.48. The van der Waals surface area contributed by atoms with Gasteiger partial charge in [-0.3, -0.25) is 0 Å². The topological polar surface area (TPSA) is 41.1 Å². The van der Waals surface area contributed by atoms with E-state index in [1.54, 1.807) is 11.3 Å². The third kappa shape index (κ3) is 4.02. The molecule has 1 N–H and O–H groups in total. The van der Waals surface area contributed by atoms with Crippen LogP contribution in [0, 0.1) is 6.92 Å². The maximum absolute atomic E-state index is 4.03. The summed E-state index contributed by atoms with van der Waals surface area (Å²) in [5.41, 5.74) is 0. The zero-order valence-electron chi connectivity index (χ0n) is 9.24. The molecule has 14 heavy (non-hydrogen) atoms. The van der Waals surface area contributed by atoms with E-state index in [2.05, 4.69) is 41.4 Å². The van der Waals surface area contributed by atoms with Gasteiger partial charge in [0.2, 0.25) is 5.13 Å². The number of hydrogen-bond acceptors (Lipinski definition) is 5. The smallest absolute Gasteiger partial charge is 0.205 e. The molecule has 80 valence electrons. The van der Waals surface area contributed by atoms with Gasteiger partial charge in [-0.15, -0.1) is 10.2 Å². The molecule has 0 spiro atoms. The molecule has 0 amide bonds. The van der Waals surface area contributed by atoms with Crippen LogP contribution in [-0.4, -0.2) is 41.8 Å². The fourth-order valence-corrected chi connectivity index (χ4v) is 1.79. The third-order valence-corrected chi connectivity index (χ3v) is 2.68. The highest BCUT2D eigenvalue weighted by Gasteiger charge is 2.05. The molecule has 1 unspecified atom stereocenters. The van der Waals surface area contributed by atoms with Gasteiger partial charge in [0.05, 0.1) is 0 Å². The van der Waals surface area contributed by atoms with Gasteiger partial charge in [0.25, 0.3) is 0 Å². The number of aryl methyl sites for hydroxylation is 1. The lowest BCUT2D eigenvalue weighted by Gasteiger charge is -2.15. The minimum atomic E-state index is 0.449. The van der Waals surface area contributed by atoms with Gasteiger partial charge in [-0.2, -0.15) is 0 Å². The highest BCUT2D eigenvalue weighted by Crippen LogP contribution is 2.15. The predicted octanol–water partition coefficient (Wildman–Crippen LogP) is 1.60. The van der Waals surface area contributed by atoms with Crippen molar-refractivity contribution < 1.29 is 0 Å². The Bertz CT molecular complexity index is 272. The fourth-order valence-electron chi connectivity index (χ4n) is 1.09. The summed E-state index contributed by atoms with van der Waals surface area (Å²) in [4.78, 5) is 2.18. The van der Waals surface area contributed by atoms with Crippen LogP contribution in [0.5, 0.6) is 0 Å². The van der Waals surface area contributed by atoms with E-state index in [1.165, 1.54) is 0 Å². The van der Waals surface area contributed by atoms with Gasteiger partial charge in [-0.25, -0.2) is 0 Å². The van der Waals surface area contributed by atoms with Crippen molar-refractivity contribution >= 4 is 16.5 Å². The van der Waals surface area contributed by atoms with E-state index >= 15 is 0 Å². The highest BCUT2D eigenvalue weighted by atomic mass is 32.1. The molecule has 0 aliphatic rings. The number of hydrogen-bond donors (Lipinski definition) is 1. The van der Waals surface area contributed by atoms with Crippen molar-refractivity contribution in [3.8, 4) is 0 Å². The monoisotopic (exact) mass is 214 g/mol. The Balaban J connectivity index is 2.30. The summed E-state index contributed by atoms with van der Waals surface area (Å²) in [6.45, 7) is 5.22. The van der Waals surface area contributed by atoms with Crippen LogP contribution in [0.4, 0.5) is 5.13 Å². The quantitative estimate of drug-likeness (QED) is 0.808. The van der Waals surface area contributed by atoms with Crippen molar-refractivity contribution in [3.63, 3.8) is 0 Å². The molecule has 0 fully saturated rings. The molecule has 1 atom stereocenters. The molecular weight excluding hydrogens is 196 g/mol. The molecule has 0 aliphatic carbocycles. The molecule has 1 aromatic rings. The van der Waals surface area contributed by atoms with E-state index in [-0.39, 0.29) is 0 Å². The van der Waals surface area contributed by atoms with Crippen molar-refractivity contribution in [2.24, 2.45) is 0 Å². The second-order valence-corrected chi connectivity index (χ2v) is 4.95. The molecule has 0 aromatic carbocycles. The largest absolute Gasteiger partial charge is 0.358 e.